The Labute approximate surface area is 68.6 Å². The van der Waals surface area contributed by atoms with Gasteiger partial charge in [0.15, 0.2) is 0 Å². The van der Waals surface area contributed by atoms with E-state index in [-0.39, 0.29) is 0 Å². The second-order valence-electron chi connectivity index (χ2n) is 3.22. The summed E-state index contributed by atoms with van der Waals surface area (Å²) in [7, 11) is 1.76. The predicted molar refractivity (Wildman–Crippen MR) is 46.6 cm³/mol. The minimum absolute atomic E-state index is 0.323. The van der Waals surface area contributed by atoms with Crippen molar-refractivity contribution in [1.29, 1.82) is 0 Å². The normalized spacial score (nSPS) is 38.5. The summed E-state index contributed by atoms with van der Waals surface area (Å²) in [5.41, 5.74) is 0. The molecule has 0 radical (unpaired) electrons. The Balaban J connectivity index is 2.47. The summed E-state index contributed by atoms with van der Waals surface area (Å²) in [6, 6.07) is 0.601. The van der Waals surface area contributed by atoms with Crippen LogP contribution in [-0.4, -0.2) is 25.8 Å². The second-order valence-corrected chi connectivity index (χ2v) is 3.22. The van der Waals surface area contributed by atoms with Crippen molar-refractivity contribution in [2.75, 3.05) is 13.7 Å². The highest BCUT2D eigenvalue weighted by Crippen LogP contribution is 2.19. The molecule has 1 aliphatic heterocycles. The van der Waals surface area contributed by atoms with Gasteiger partial charge in [-0.2, -0.15) is 0 Å². The van der Waals surface area contributed by atoms with Gasteiger partial charge in [-0.05, 0) is 13.3 Å². The van der Waals surface area contributed by atoms with Gasteiger partial charge in [-0.3, -0.25) is 0 Å². The van der Waals surface area contributed by atoms with Crippen molar-refractivity contribution in [2.45, 2.75) is 25.5 Å². The van der Waals surface area contributed by atoms with Crippen LogP contribution in [0.5, 0.6) is 0 Å². The predicted octanol–water partition coefficient (Wildman–Crippen LogP) is 1.19. The van der Waals surface area contributed by atoms with Crippen LogP contribution in [0, 0.1) is 5.92 Å². The number of piperidine rings is 1. The zero-order chi connectivity index (χ0) is 8.27. The van der Waals surface area contributed by atoms with Crippen LogP contribution in [-0.2, 0) is 4.74 Å². The highest BCUT2D eigenvalue weighted by molar-refractivity contribution is 4.92. The Bertz CT molecular complexity index is 136. The Morgan fingerprint density at radius 3 is 2.91 bits per heavy atom. The second kappa shape index (κ2) is 3.88. The summed E-state index contributed by atoms with van der Waals surface area (Å²) in [5.74, 6) is 0.524. The van der Waals surface area contributed by atoms with Crippen molar-refractivity contribution in [3.05, 3.63) is 12.7 Å². The first-order valence-corrected chi connectivity index (χ1v) is 4.16. The maximum absolute atomic E-state index is 5.31. The summed E-state index contributed by atoms with van der Waals surface area (Å²) in [4.78, 5) is 0. The van der Waals surface area contributed by atoms with E-state index in [9.17, 15) is 0 Å². The molecule has 0 aromatic rings. The summed E-state index contributed by atoms with van der Waals surface area (Å²) >= 11 is 0. The highest BCUT2D eigenvalue weighted by Gasteiger charge is 2.25. The standard InChI is InChI=1S/C9H17NO/c1-4-8-5-7(2)10-6-9(8)11-3/h4,7-10H,1,5-6H2,2-3H3. The third-order valence-corrected chi connectivity index (χ3v) is 2.38. The average Bonchev–Trinajstić information content (AvgIpc) is 2.04. The largest absolute Gasteiger partial charge is 0.380 e. The van der Waals surface area contributed by atoms with Gasteiger partial charge in [0.1, 0.15) is 0 Å². The van der Waals surface area contributed by atoms with Gasteiger partial charge in [-0.15, -0.1) is 6.58 Å². The SMILES string of the molecule is C=CC1CC(C)NCC1OC. The molecule has 1 rings (SSSR count). The molecule has 1 heterocycles. The Morgan fingerprint density at radius 1 is 1.64 bits per heavy atom. The third-order valence-electron chi connectivity index (χ3n) is 2.38. The first-order chi connectivity index (χ1) is 5.27. The third kappa shape index (κ3) is 2.04. The van der Waals surface area contributed by atoms with E-state index in [1.165, 1.54) is 0 Å². The van der Waals surface area contributed by atoms with E-state index in [1.807, 2.05) is 6.08 Å². The molecule has 1 fully saturated rings. The van der Waals surface area contributed by atoms with Crippen molar-refractivity contribution < 1.29 is 4.74 Å². The van der Waals surface area contributed by atoms with Crippen LogP contribution >= 0.6 is 0 Å². The van der Waals surface area contributed by atoms with E-state index in [1.54, 1.807) is 7.11 Å². The van der Waals surface area contributed by atoms with Crippen molar-refractivity contribution in [1.82, 2.24) is 5.32 Å². The topological polar surface area (TPSA) is 21.3 Å². The monoisotopic (exact) mass is 155 g/mol. The van der Waals surface area contributed by atoms with Crippen LogP contribution in [0.1, 0.15) is 13.3 Å². The molecule has 0 spiro atoms. The lowest BCUT2D eigenvalue weighted by molar-refractivity contribution is 0.0425. The van der Waals surface area contributed by atoms with Crippen molar-refractivity contribution >= 4 is 0 Å². The molecule has 3 unspecified atom stereocenters. The lowest BCUT2D eigenvalue weighted by Gasteiger charge is -2.32. The van der Waals surface area contributed by atoms with Crippen LogP contribution in [0.15, 0.2) is 12.7 Å². The minimum Gasteiger partial charge on any atom is -0.380 e. The molecule has 0 bridgehead atoms. The Morgan fingerprint density at radius 2 is 2.36 bits per heavy atom. The lowest BCUT2D eigenvalue weighted by atomic mass is 9.91. The van der Waals surface area contributed by atoms with E-state index < -0.39 is 0 Å². The molecule has 2 heteroatoms. The van der Waals surface area contributed by atoms with Gasteiger partial charge < -0.3 is 10.1 Å². The number of ether oxygens (including phenoxy) is 1. The number of hydrogen-bond donors (Lipinski definition) is 1. The van der Waals surface area contributed by atoms with E-state index in [2.05, 4.69) is 18.8 Å². The maximum atomic E-state index is 5.31. The van der Waals surface area contributed by atoms with E-state index >= 15 is 0 Å². The molecular weight excluding hydrogens is 138 g/mol. The van der Waals surface area contributed by atoms with Gasteiger partial charge in [0.25, 0.3) is 0 Å². The first kappa shape index (κ1) is 8.75. The number of rotatable bonds is 2. The molecule has 0 aromatic carbocycles. The Hall–Kier alpha value is -0.340. The summed E-state index contributed by atoms with van der Waals surface area (Å²) < 4.78 is 5.31. The lowest BCUT2D eigenvalue weighted by Crippen LogP contribution is -2.45. The average molecular weight is 155 g/mol. The fraction of sp³-hybridized carbons (Fsp3) is 0.778. The molecule has 64 valence electrons. The summed E-state index contributed by atoms with van der Waals surface area (Å²) in [5, 5.41) is 3.37. The fourth-order valence-corrected chi connectivity index (χ4v) is 1.62. The molecule has 0 aliphatic carbocycles. The first-order valence-electron chi connectivity index (χ1n) is 4.16. The molecule has 0 amide bonds. The maximum Gasteiger partial charge on any atom is 0.0758 e. The zero-order valence-electron chi connectivity index (χ0n) is 7.34. The highest BCUT2D eigenvalue weighted by atomic mass is 16.5. The minimum atomic E-state index is 0.323. The molecule has 1 N–H and O–H groups in total. The molecule has 11 heavy (non-hydrogen) atoms. The molecule has 3 atom stereocenters. The van der Waals surface area contributed by atoms with Crippen LogP contribution in [0.3, 0.4) is 0 Å². The van der Waals surface area contributed by atoms with Gasteiger partial charge in [0, 0.05) is 25.6 Å². The van der Waals surface area contributed by atoms with Crippen LogP contribution in [0.2, 0.25) is 0 Å². The van der Waals surface area contributed by atoms with Crippen LogP contribution in [0.4, 0.5) is 0 Å². The summed E-state index contributed by atoms with van der Waals surface area (Å²) in [6.45, 7) is 6.96. The molecule has 0 saturated carbocycles. The van der Waals surface area contributed by atoms with Crippen LogP contribution < -0.4 is 5.32 Å². The van der Waals surface area contributed by atoms with Crippen molar-refractivity contribution in [2.24, 2.45) is 5.92 Å². The molecule has 2 nitrogen and oxygen atoms in total. The van der Waals surface area contributed by atoms with Crippen LogP contribution in [0.25, 0.3) is 0 Å². The smallest absolute Gasteiger partial charge is 0.0758 e. The quantitative estimate of drug-likeness (QED) is 0.605. The molecular formula is C9H17NO. The Kier molecular flexibility index (Phi) is 3.09. The number of nitrogens with one attached hydrogen (secondary N) is 1. The van der Waals surface area contributed by atoms with Gasteiger partial charge in [0.2, 0.25) is 0 Å². The number of hydrogen-bond acceptors (Lipinski definition) is 2. The van der Waals surface area contributed by atoms with Crippen molar-refractivity contribution in [3.63, 3.8) is 0 Å². The molecule has 1 aliphatic rings. The summed E-state index contributed by atoms with van der Waals surface area (Å²) in [6.07, 6.45) is 3.47. The van der Waals surface area contributed by atoms with Gasteiger partial charge >= 0.3 is 0 Å². The van der Waals surface area contributed by atoms with E-state index in [4.69, 9.17) is 4.74 Å². The van der Waals surface area contributed by atoms with Gasteiger partial charge in [-0.25, -0.2) is 0 Å². The molecule has 0 aromatic heterocycles. The van der Waals surface area contributed by atoms with Crippen molar-refractivity contribution in [3.8, 4) is 0 Å². The van der Waals surface area contributed by atoms with E-state index in [0.717, 1.165) is 13.0 Å². The van der Waals surface area contributed by atoms with E-state index in [0.29, 0.717) is 18.1 Å². The molecule has 1 saturated heterocycles. The van der Waals surface area contributed by atoms with Gasteiger partial charge in [-0.1, -0.05) is 6.08 Å². The number of methoxy groups -OCH3 is 1. The zero-order valence-corrected chi connectivity index (χ0v) is 7.34. The van der Waals surface area contributed by atoms with Gasteiger partial charge in [0.05, 0.1) is 6.10 Å². The fourth-order valence-electron chi connectivity index (χ4n) is 1.62.